The Morgan fingerprint density at radius 1 is 1.20 bits per heavy atom. The van der Waals surface area contributed by atoms with E-state index in [9.17, 15) is 4.79 Å². The Kier molecular flexibility index (Phi) is 5.24. The summed E-state index contributed by atoms with van der Waals surface area (Å²) in [7, 11) is 0. The van der Waals surface area contributed by atoms with Gasteiger partial charge >= 0.3 is 0 Å². The lowest BCUT2D eigenvalue weighted by atomic mass is 10.0. The first kappa shape index (κ1) is 14.4. The molecule has 0 aliphatic heterocycles. The van der Waals surface area contributed by atoms with Gasteiger partial charge in [0.15, 0.2) is 0 Å². The van der Waals surface area contributed by atoms with Crippen LogP contribution < -0.4 is 10.6 Å². The van der Waals surface area contributed by atoms with Crippen molar-refractivity contribution in [1.82, 2.24) is 10.6 Å². The summed E-state index contributed by atoms with van der Waals surface area (Å²) in [6.45, 7) is 10.2. The first-order chi connectivity index (χ1) is 6.66. The highest BCUT2D eigenvalue weighted by atomic mass is 16.3. The van der Waals surface area contributed by atoms with E-state index in [1.54, 1.807) is 0 Å². The molecule has 0 fully saturated rings. The van der Waals surface area contributed by atoms with Gasteiger partial charge in [-0.3, -0.25) is 4.79 Å². The molecule has 0 bridgehead atoms. The van der Waals surface area contributed by atoms with Crippen molar-refractivity contribution in [3.8, 4) is 0 Å². The van der Waals surface area contributed by atoms with Gasteiger partial charge in [-0.25, -0.2) is 0 Å². The lowest BCUT2D eigenvalue weighted by Crippen LogP contribution is -2.50. The van der Waals surface area contributed by atoms with E-state index in [0.29, 0.717) is 13.0 Å². The van der Waals surface area contributed by atoms with Crippen molar-refractivity contribution < 1.29 is 9.90 Å². The predicted octanol–water partition coefficient (Wildman–Crippen LogP) is 0.652. The lowest BCUT2D eigenvalue weighted by molar-refractivity contribution is -0.122. The Balaban J connectivity index is 3.93. The molecule has 4 nitrogen and oxygen atoms in total. The number of nitrogens with one attached hydrogen (secondary N) is 2. The molecule has 0 heterocycles. The van der Waals surface area contributed by atoms with Crippen LogP contribution in [-0.4, -0.2) is 35.2 Å². The minimum Gasteiger partial charge on any atom is -0.396 e. The molecule has 0 radical (unpaired) electrons. The third-order valence-electron chi connectivity index (χ3n) is 1.99. The average molecular weight is 216 g/mol. The first-order valence-electron chi connectivity index (χ1n) is 5.33. The topological polar surface area (TPSA) is 61.4 Å². The fourth-order valence-electron chi connectivity index (χ4n) is 1.11. The third-order valence-corrected chi connectivity index (χ3v) is 1.99. The zero-order valence-corrected chi connectivity index (χ0v) is 10.5. The van der Waals surface area contributed by atoms with Crippen molar-refractivity contribution in [2.45, 2.75) is 52.1 Å². The first-order valence-corrected chi connectivity index (χ1v) is 5.33. The number of hydrogen-bond donors (Lipinski definition) is 3. The number of hydrogen-bond acceptors (Lipinski definition) is 3. The Morgan fingerprint density at radius 2 is 1.73 bits per heavy atom. The SMILES string of the molecule is CC(C)(C)NCC(=O)NC(C)(C)CCO. The Hall–Kier alpha value is -0.610. The van der Waals surface area contributed by atoms with Gasteiger partial charge in [-0.05, 0) is 41.0 Å². The van der Waals surface area contributed by atoms with Gasteiger partial charge in [-0.15, -0.1) is 0 Å². The van der Waals surface area contributed by atoms with Gasteiger partial charge in [-0.2, -0.15) is 0 Å². The maximum absolute atomic E-state index is 11.5. The highest BCUT2D eigenvalue weighted by Crippen LogP contribution is 2.06. The molecule has 0 aliphatic rings. The predicted molar refractivity (Wildman–Crippen MR) is 61.7 cm³/mol. The maximum Gasteiger partial charge on any atom is 0.234 e. The van der Waals surface area contributed by atoms with E-state index in [1.165, 1.54) is 0 Å². The molecule has 1 amide bonds. The molecule has 0 aromatic carbocycles. The fraction of sp³-hybridized carbons (Fsp3) is 0.909. The Bertz CT molecular complexity index is 207. The standard InChI is InChI=1S/C11H24N2O2/c1-10(2,3)12-8-9(15)13-11(4,5)6-7-14/h12,14H,6-8H2,1-5H3,(H,13,15). The van der Waals surface area contributed by atoms with E-state index >= 15 is 0 Å². The molecular weight excluding hydrogens is 192 g/mol. The molecule has 15 heavy (non-hydrogen) atoms. The number of aliphatic hydroxyl groups is 1. The summed E-state index contributed by atoms with van der Waals surface area (Å²) in [4.78, 5) is 11.5. The van der Waals surface area contributed by atoms with Crippen LogP contribution in [0.3, 0.4) is 0 Å². The van der Waals surface area contributed by atoms with E-state index in [-0.39, 0.29) is 23.6 Å². The van der Waals surface area contributed by atoms with E-state index in [0.717, 1.165) is 0 Å². The van der Waals surface area contributed by atoms with E-state index in [2.05, 4.69) is 10.6 Å². The number of carbonyl (C=O) groups is 1. The average Bonchev–Trinajstić information content (AvgIpc) is 1.98. The summed E-state index contributed by atoms with van der Waals surface area (Å²) in [5.41, 5.74) is -0.399. The Labute approximate surface area is 92.4 Å². The minimum absolute atomic E-state index is 0.0385. The van der Waals surface area contributed by atoms with Crippen LogP contribution in [0.25, 0.3) is 0 Å². The van der Waals surface area contributed by atoms with E-state index < -0.39 is 0 Å². The maximum atomic E-state index is 11.5. The molecule has 0 atom stereocenters. The van der Waals surface area contributed by atoms with Crippen LogP contribution in [0.2, 0.25) is 0 Å². The van der Waals surface area contributed by atoms with Gasteiger partial charge in [0.25, 0.3) is 0 Å². The summed E-state index contributed by atoms with van der Waals surface area (Å²) in [6.07, 6.45) is 0.564. The molecule has 90 valence electrons. The fourth-order valence-corrected chi connectivity index (χ4v) is 1.11. The molecule has 0 rings (SSSR count). The molecule has 0 aromatic rings. The normalized spacial score (nSPS) is 12.7. The zero-order chi connectivity index (χ0) is 12.1. The summed E-state index contributed by atoms with van der Waals surface area (Å²) in [5, 5.41) is 14.8. The quantitative estimate of drug-likeness (QED) is 0.632. The van der Waals surface area contributed by atoms with Crippen molar-refractivity contribution in [1.29, 1.82) is 0 Å². The molecule has 0 saturated heterocycles. The summed E-state index contributed by atoms with van der Waals surface area (Å²) in [5.74, 6) is -0.0385. The van der Waals surface area contributed by atoms with Crippen molar-refractivity contribution in [3.05, 3.63) is 0 Å². The largest absolute Gasteiger partial charge is 0.396 e. The molecule has 0 aromatic heterocycles. The van der Waals surface area contributed by atoms with E-state index in [1.807, 2.05) is 34.6 Å². The smallest absolute Gasteiger partial charge is 0.234 e. The molecule has 4 heteroatoms. The second-order valence-corrected chi connectivity index (χ2v) is 5.51. The van der Waals surface area contributed by atoms with Gasteiger partial charge in [0.05, 0.1) is 6.54 Å². The van der Waals surface area contributed by atoms with Crippen molar-refractivity contribution in [2.24, 2.45) is 0 Å². The second-order valence-electron chi connectivity index (χ2n) is 5.51. The summed E-state index contributed by atoms with van der Waals surface area (Å²) in [6, 6.07) is 0. The summed E-state index contributed by atoms with van der Waals surface area (Å²) >= 11 is 0. The van der Waals surface area contributed by atoms with Gasteiger partial charge in [-0.1, -0.05) is 0 Å². The zero-order valence-electron chi connectivity index (χ0n) is 10.5. The Morgan fingerprint density at radius 3 is 2.13 bits per heavy atom. The molecule has 3 N–H and O–H groups in total. The van der Waals surface area contributed by atoms with Gasteiger partial charge in [0, 0.05) is 17.7 Å². The lowest BCUT2D eigenvalue weighted by Gasteiger charge is -2.27. The van der Waals surface area contributed by atoms with Crippen LogP contribution in [0.4, 0.5) is 0 Å². The molecular formula is C11H24N2O2. The van der Waals surface area contributed by atoms with Crippen molar-refractivity contribution in [3.63, 3.8) is 0 Å². The number of amides is 1. The third kappa shape index (κ3) is 8.39. The minimum atomic E-state index is -0.342. The van der Waals surface area contributed by atoms with Gasteiger partial charge < -0.3 is 15.7 Å². The molecule has 0 aliphatic carbocycles. The highest BCUT2D eigenvalue weighted by Gasteiger charge is 2.20. The molecule has 0 unspecified atom stereocenters. The van der Waals surface area contributed by atoms with Crippen LogP contribution in [0.5, 0.6) is 0 Å². The van der Waals surface area contributed by atoms with Crippen LogP contribution in [-0.2, 0) is 4.79 Å². The van der Waals surface area contributed by atoms with Gasteiger partial charge in [0.1, 0.15) is 0 Å². The summed E-state index contributed by atoms with van der Waals surface area (Å²) < 4.78 is 0. The second kappa shape index (κ2) is 5.47. The van der Waals surface area contributed by atoms with Crippen LogP contribution in [0, 0.1) is 0 Å². The molecule has 0 saturated carbocycles. The number of aliphatic hydroxyl groups excluding tert-OH is 1. The number of carbonyl (C=O) groups excluding carboxylic acids is 1. The van der Waals surface area contributed by atoms with Crippen LogP contribution >= 0.6 is 0 Å². The number of rotatable bonds is 5. The van der Waals surface area contributed by atoms with Crippen LogP contribution in [0.15, 0.2) is 0 Å². The van der Waals surface area contributed by atoms with Gasteiger partial charge in [0.2, 0.25) is 5.91 Å². The highest BCUT2D eigenvalue weighted by molar-refractivity contribution is 5.78. The van der Waals surface area contributed by atoms with Crippen LogP contribution in [0.1, 0.15) is 41.0 Å². The van der Waals surface area contributed by atoms with E-state index in [4.69, 9.17) is 5.11 Å². The monoisotopic (exact) mass is 216 g/mol. The molecule has 0 spiro atoms. The van der Waals surface area contributed by atoms with Crippen molar-refractivity contribution >= 4 is 5.91 Å². The van der Waals surface area contributed by atoms with Crippen molar-refractivity contribution in [2.75, 3.05) is 13.2 Å².